The summed E-state index contributed by atoms with van der Waals surface area (Å²) in [5, 5.41) is 0. The van der Waals surface area contributed by atoms with Crippen LogP contribution in [-0.2, 0) is 0 Å². The van der Waals surface area contributed by atoms with Gasteiger partial charge in [0.1, 0.15) is 0 Å². The first-order valence-corrected chi connectivity index (χ1v) is 3.42. The molecule has 0 amide bonds. The first kappa shape index (κ1) is 11.3. The lowest BCUT2D eigenvalue weighted by Crippen LogP contribution is -1.86. The smallest absolute Gasteiger partial charge is 0.0328 e. The highest BCUT2D eigenvalue weighted by atomic mass is 14.0. The number of hydrogen-bond acceptors (Lipinski definition) is 0. The Bertz CT molecular complexity index is 55.1. The van der Waals surface area contributed by atoms with Gasteiger partial charge in [0, 0.05) is 0 Å². The van der Waals surface area contributed by atoms with E-state index in [1.807, 2.05) is 6.08 Å². The lowest BCUT2D eigenvalue weighted by molar-refractivity contribution is 0.572. The minimum atomic E-state index is 0.831. The molecule has 0 aliphatic rings. The van der Waals surface area contributed by atoms with E-state index in [-0.39, 0.29) is 0 Å². The number of allylic oxidation sites excluding steroid dienone is 1. The zero-order valence-corrected chi connectivity index (χ0v) is 6.69. The third-order valence-electron chi connectivity index (χ3n) is 1.27. The van der Waals surface area contributed by atoms with Crippen LogP contribution in [0.5, 0.6) is 0 Å². The van der Waals surface area contributed by atoms with Gasteiger partial charge in [-0.3, -0.25) is 0 Å². The summed E-state index contributed by atoms with van der Waals surface area (Å²) in [7, 11) is 0. The molecule has 0 aromatic rings. The summed E-state index contributed by atoms with van der Waals surface area (Å²) in [6.07, 6.45) is 4.41. The monoisotopic (exact) mass is 126 g/mol. The molecule has 0 N–H and O–H groups in total. The Balaban J connectivity index is 0. The second kappa shape index (κ2) is 10.5. The van der Waals surface area contributed by atoms with Crippen molar-refractivity contribution in [2.24, 2.45) is 5.92 Å². The third-order valence-corrected chi connectivity index (χ3v) is 1.27. The van der Waals surface area contributed by atoms with Crippen molar-refractivity contribution < 1.29 is 0 Å². The van der Waals surface area contributed by atoms with Crippen LogP contribution >= 0.6 is 0 Å². The van der Waals surface area contributed by atoms with Gasteiger partial charge in [0.2, 0.25) is 0 Å². The van der Waals surface area contributed by atoms with E-state index in [9.17, 15) is 0 Å². The predicted molar refractivity (Wildman–Crippen MR) is 45.5 cm³/mol. The standard InChI is InChI=1S/C7H14.C2H4/c1-4-6-7(3)5-2;1-2/h4,7H,1,5-6H2,2-3H3;1-2H2. The van der Waals surface area contributed by atoms with Crippen LogP contribution in [-0.4, -0.2) is 0 Å². The fraction of sp³-hybridized carbons (Fsp3) is 0.556. The van der Waals surface area contributed by atoms with E-state index in [2.05, 4.69) is 33.6 Å². The SMILES string of the molecule is C=C.C=CCC(C)CC. The summed E-state index contributed by atoms with van der Waals surface area (Å²) in [6, 6.07) is 0. The molecule has 0 saturated heterocycles. The van der Waals surface area contributed by atoms with Crippen molar-refractivity contribution in [2.75, 3.05) is 0 Å². The van der Waals surface area contributed by atoms with Crippen LogP contribution in [0.1, 0.15) is 26.7 Å². The van der Waals surface area contributed by atoms with Crippen LogP contribution in [0.4, 0.5) is 0 Å². The maximum absolute atomic E-state index is 3.65. The Morgan fingerprint density at radius 1 is 1.44 bits per heavy atom. The van der Waals surface area contributed by atoms with Gasteiger partial charge in [-0.15, -0.1) is 19.7 Å². The molecule has 0 aromatic carbocycles. The zero-order chi connectivity index (χ0) is 7.70. The lowest BCUT2D eigenvalue weighted by atomic mass is 10.1. The van der Waals surface area contributed by atoms with Crippen LogP contribution in [0.2, 0.25) is 0 Å². The van der Waals surface area contributed by atoms with Crippen LogP contribution in [0.15, 0.2) is 25.8 Å². The summed E-state index contributed by atoms with van der Waals surface area (Å²) >= 11 is 0. The molecule has 0 spiro atoms. The van der Waals surface area contributed by atoms with E-state index in [1.54, 1.807) is 0 Å². The molecule has 0 aliphatic heterocycles. The van der Waals surface area contributed by atoms with Crippen molar-refractivity contribution in [2.45, 2.75) is 26.7 Å². The van der Waals surface area contributed by atoms with Gasteiger partial charge >= 0.3 is 0 Å². The van der Waals surface area contributed by atoms with Gasteiger partial charge in [0.25, 0.3) is 0 Å². The minimum absolute atomic E-state index is 0.831. The Morgan fingerprint density at radius 3 is 2.00 bits per heavy atom. The quantitative estimate of drug-likeness (QED) is 0.508. The van der Waals surface area contributed by atoms with E-state index in [1.165, 1.54) is 6.42 Å². The molecule has 9 heavy (non-hydrogen) atoms. The van der Waals surface area contributed by atoms with Crippen molar-refractivity contribution in [3.63, 3.8) is 0 Å². The molecule has 0 radical (unpaired) electrons. The van der Waals surface area contributed by atoms with E-state index >= 15 is 0 Å². The van der Waals surface area contributed by atoms with Gasteiger partial charge in [0.15, 0.2) is 0 Å². The normalized spacial score (nSPS) is 10.9. The second-order valence-corrected chi connectivity index (χ2v) is 2.04. The topological polar surface area (TPSA) is 0 Å². The fourth-order valence-corrected chi connectivity index (χ4v) is 0.451. The highest BCUT2D eigenvalue weighted by molar-refractivity contribution is 4.68. The van der Waals surface area contributed by atoms with Crippen LogP contribution < -0.4 is 0 Å². The van der Waals surface area contributed by atoms with Crippen molar-refractivity contribution in [3.8, 4) is 0 Å². The lowest BCUT2D eigenvalue weighted by Gasteiger charge is -2.00. The van der Waals surface area contributed by atoms with Gasteiger partial charge in [0.05, 0.1) is 0 Å². The summed E-state index contributed by atoms with van der Waals surface area (Å²) < 4.78 is 0. The van der Waals surface area contributed by atoms with E-state index in [0.717, 1.165) is 12.3 Å². The first-order valence-electron chi connectivity index (χ1n) is 3.42. The van der Waals surface area contributed by atoms with Crippen LogP contribution in [0.25, 0.3) is 0 Å². The predicted octanol–water partition coefficient (Wildman–Crippen LogP) is 3.41. The van der Waals surface area contributed by atoms with Crippen molar-refractivity contribution in [1.82, 2.24) is 0 Å². The van der Waals surface area contributed by atoms with Crippen molar-refractivity contribution >= 4 is 0 Å². The average Bonchev–Trinajstić information content (AvgIpc) is 1.93. The molecule has 0 heterocycles. The summed E-state index contributed by atoms with van der Waals surface area (Å²) in [5.74, 6) is 0.831. The number of rotatable bonds is 3. The molecule has 54 valence electrons. The molecule has 0 rings (SSSR count). The molecule has 0 nitrogen and oxygen atoms in total. The van der Waals surface area contributed by atoms with E-state index in [0.29, 0.717) is 0 Å². The molecule has 1 atom stereocenters. The molecule has 0 saturated carbocycles. The Labute approximate surface area is 59.3 Å². The Morgan fingerprint density at radius 2 is 1.89 bits per heavy atom. The van der Waals surface area contributed by atoms with Crippen LogP contribution in [0.3, 0.4) is 0 Å². The fourth-order valence-electron chi connectivity index (χ4n) is 0.451. The van der Waals surface area contributed by atoms with Crippen molar-refractivity contribution in [1.29, 1.82) is 0 Å². The molecule has 0 bridgehead atoms. The molecule has 0 aromatic heterocycles. The zero-order valence-electron chi connectivity index (χ0n) is 6.69. The summed E-state index contributed by atoms with van der Waals surface area (Å²) in [4.78, 5) is 0. The van der Waals surface area contributed by atoms with Gasteiger partial charge in [-0.2, -0.15) is 0 Å². The molecular formula is C9H18. The molecule has 0 fully saturated rings. The molecule has 0 aliphatic carbocycles. The van der Waals surface area contributed by atoms with E-state index < -0.39 is 0 Å². The largest absolute Gasteiger partial charge is 0.106 e. The molecular weight excluding hydrogens is 108 g/mol. The maximum Gasteiger partial charge on any atom is -0.0328 e. The van der Waals surface area contributed by atoms with Gasteiger partial charge < -0.3 is 0 Å². The number of hydrogen-bond donors (Lipinski definition) is 0. The summed E-state index contributed by atoms with van der Waals surface area (Å²) in [5.41, 5.74) is 0. The minimum Gasteiger partial charge on any atom is -0.106 e. The maximum atomic E-state index is 3.65. The Kier molecular flexibility index (Phi) is 13.1. The molecule has 1 unspecified atom stereocenters. The van der Waals surface area contributed by atoms with Crippen molar-refractivity contribution in [3.05, 3.63) is 25.8 Å². The van der Waals surface area contributed by atoms with Gasteiger partial charge in [-0.25, -0.2) is 0 Å². The van der Waals surface area contributed by atoms with Crippen LogP contribution in [0, 0.1) is 5.92 Å². The first-order chi connectivity index (χ1) is 4.31. The van der Waals surface area contributed by atoms with E-state index in [4.69, 9.17) is 0 Å². The van der Waals surface area contributed by atoms with Gasteiger partial charge in [-0.05, 0) is 12.3 Å². The highest BCUT2D eigenvalue weighted by Gasteiger charge is 1.90. The molecule has 0 heteroatoms. The third kappa shape index (κ3) is 11.2. The highest BCUT2D eigenvalue weighted by Crippen LogP contribution is 2.04. The summed E-state index contributed by atoms with van der Waals surface area (Å²) in [6.45, 7) is 14.1. The second-order valence-electron chi connectivity index (χ2n) is 2.04. The Hall–Kier alpha value is -0.520. The van der Waals surface area contributed by atoms with Gasteiger partial charge in [-0.1, -0.05) is 26.3 Å². The average molecular weight is 126 g/mol.